The molecule has 0 heterocycles. The number of urea groups is 1. The third-order valence-electron chi connectivity index (χ3n) is 5.66. The smallest absolute Gasteiger partial charge is 0.323 e. The number of amides is 2. The lowest BCUT2D eigenvalue weighted by Gasteiger charge is -2.13. The second-order valence-corrected chi connectivity index (χ2v) is 11.5. The highest BCUT2D eigenvalue weighted by molar-refractivity contribution is 7.86. The first kappa shape index (κ1) is 31.7. The quantitative estimate of drug-likeness (QED) is 0.107. The van der Waals surface area contributed by atoms with Gasteiger partial charge in [0.25, 0.3) is 20.2 Å². The number of nitrogens with one attached hydrogen (secondary N) is 2. The number of methoxy groups -OCH3 is 2. The maximum atomic E-state index is 12.8. The molecule has 4 N–H and O–H groups in total. The Bertz CT molecular complexity index is 1840. The molecule has 2 amide bonds. The minimum Gasteiger partial charge on any atom is -0.494 e. The summed E-state index contributed by atoms with van der Waals surface area (Å²) in [5.74, 6) is 0.508. The molecule has 44 heavy (non-hydrogen) atoms. The maximum absolute atomic E-state index is 12.8. The number of carbonyl (C=O) groups excluding carboxylic acids is 1. The van der Waals surface area contributed by atoms with Crippen molar-refractivity contribution in [3.63, 3.8) is 0 Å². The fourth-order valence-corrected chi connectivity index (χ4v) is 4.65. The number of carbonyl (C=O) groups is 1. The molecule has 0 aliphatic heterocycles. The molecule has 4 aromatic carbocycles. The number of rotatable bonds is 10. The molecule has 0 aliphatic rings. The second kappa shape index (κ2) is 13.4. The van der Waals surface area contributed by atoms with Gasteiger partial charge in [0, 0.05) is 12.1 Å². The van der Waals surface area contributed by atoms with Crippen LogP contribution in [0.3, 0.4) is 0 Å². The Balaban J connectivity index is 1.44. The molecule has 15 nitrogen and oxygen atoms in total. The summed E-state index contributed by atoms with van der Waals surface area (Å²) >= 11 is 0. The summed E-state index contributed by atoms with van der Waals surface area (Å²) in [6, 6.07) is 19.1. The summed E-state index contributed by atoms with van der Waals surface area (Å²) < 4.78 is 74.4. The Kier molecular flexibility index (Phi) is 9.64. The topological polar surface area (TPSA) is 218 Å². The highest BCUT2D eigenvalue weighted by atomic mass is 32.2. The predicted molar refractivity (Wildman–Crippen MR) is 159 cm³/mol. The molecule has 0 radical (unpaired) electrons. The summed E-state index contributed by atoms with van der Waals surface area (Å²) in [6.45, 7) is 0. The van der Waals surface area contributed by atoms with Crippen molar-refractivity contribution in [3.05, 3.63) is 84.9 Å². The van der Waals surface area contributed by atoms with E-state index in [1.807, 2.05) is 0 Å². The van der Waals surface area contributed by atoms with Crippen molar-refractivity contribution in [3.8, 4) is 11.5 Å². The van der Waals surface area contributed by atoms with Crippen LogP contribution in [-0.2, 0) is 20.2 Å². The van der Waals surface area contributed by atoms with Crippen LogP contribution in [-0.4, -0.2) is 46.2 Å². The number of nitrogens with zero attached hydrogens (tertiary/aromatic N) is 4. The zero-order valence-corrected chi connectivity index (χ0v) is 24.6. The van der Waals surface area contributed by atoms with Crippen LogP contribution in [0.25, 0.3) is 0 Å². The molecule has 4 aromatic rings. The molecule has 17 heteroatoms. The van der Waals surface area contributed by atoms with Crippen molar-refractivity contribution in [1.29, 1.82) is 0 Å². The lowest BCUT2D eigenvalue weighted by molar-refractivity contribution is 0.262. The van der Waals surface area contributed by atoms with Crippen LogP contribution in [0.15, 0.2) is 115 Å². The van der Waals surface area contributed by atoms with E-state index in [0.29, 0.717) is 22.7 Å². The predicted octanol–water partition coefficient (Wildman–Crippen LogP) is 6.67. The molecular weight excluding hydrogens is 616 g/mol. The van der Waals surface area contributed by atoms with Crippen LogP contribution in [0.1, 0.15) is 0 Å². The van der Waals surface area contributed by atoms with Crippen molar-refractivity contribution in [2.45, 2.75) is 9.79 Å². The van der Waals surface area contributed by atoms with E-state index in [-0.39, 0.29) is 32.7 Å². The van der Waals surface area contributed by atoms with E-state index in [0.717, 1.165) is 12.1 Å². The minimum atomic E-state index is -4.39. The van der Waals surface area contributed by atoms with Gasteiger partial charge in [-0.3, -0.25) is 9.11 Å². The van der Waals surface area contributed by atoms with Crippen LogP contribution >= 0.6 is 0 Å². The third kappa shape index (κ3) is 8.42. The number of azo groups is 2. The third-order valence-corrected chi connectivity index (χ3v) is 7.36. The van der Waals surface area contributed by atoms with Gasteiger partial charge in [-0.05, 0) is 60.7 Å². The summed E-state index contributed by atoms with van der Waals surface area (Å²) in [6.07, 6.45) is 0. The van der Waals surface area contributed by atoms with Gasteiger partial charge in [-0.2, -0.15) is 37.3 Å². The summed E-state index contributed by atoms with van der Waals surface area (Å²) in [7, 11) is -6.00. The van der Waals surface area contributed by atoms with Gasteiger partial charge in [0.2, 0.25) is 0 Å². The van der Waals surface area contributed by atoms with Gasteiger partial charge in [-0.1, -0.05) is 12.1 Å². The summed E-state index contributed by atoms with van der Waals surface area (Å²) in [4.78, 5) is 12.1. The normalized spacial score (nSPS) is 11.9. The van der Waals surface area contributed by atoms with Gasteiger partial charge in [0.05, 0.1) is 58.1 Å². The van der Waals surface area contributed by atoms with Crippen LogP contribution in [0.2, 0.25) is 0 Å². The SMILES string of the molecule is COc1cc(N=Nc2cccc(S(=O)(=O)O)c2)ccc1NC(=O)Nc1ccc(N=Nc2cccc(S(=O)(=O)O)c2)cc1OC. The van der Waals surface area contributed by atoms with E-state index in [4.69, 9.17) is 9.47 Å². The molecular formula is C27H24N6O9S2. The zero-order chi connectivity index (χ0) is 31.9. The van der Waals surface area contributed by atoms with Gasteiger partial charge in [-0.25, -0.2) is 4.79 Å². The molecule has 0 aliphatic carbocycles. The molecule has 0 saturated heterocycles. The average Bonchev–Trinajstić information content (AvgIpc) is 2.99. The molecule has 0 spiro atoms. The maximum Gasteiger partial charge on any atom is 0.323 e. The van der Waals surface area contributed by atoms with Gasteiger partial charge in [0.1, 0.15) is 11.5 Å². The monoisotopic (exact) mass is 640 g/mol. The fraction of sp³-hybridized carbons (Fsp3) is 0.0741. The standard InChI is InChI=1S/C27H24N6O9S2/c1-41-25-15-19(32-30-17-5-3-7-21(13-17)43(35,36)37)9-11-23(25)28-27(34)29-24-12-10-20(16-26(24)42-2)33-31-18-6-4-8-22(14-18)44(38,39)40/h3-16H,1-2H3,(H2,28,29,34)(H,35,36,37)(H,38,39,40). The van der Waals surface area contributed by atoms with Crippen molar-refractivity contribution in [2.24, 2.45) is 20.5 Å². The Hall–Kier alpha value is -5.23. The van der Waals surface area contributed by atoms with Crippen LogP contribution in [0.5, 0.6) is 11.5 Å². The van der Waals surface area contributed by atoms with E-state index in [1.54, 1.807) is 12.1 Å². The van der Waals surface area contributed by atoms with Crippen LogP contribution in [0.4, 0.5) is 38.9 Å². The fourth-order valence-electron chi connectivity index (χ4n) is 3.61. The lowest BCUT2D eigenvalue weighted by Crippen LogP contribution is -2.20. The molecule has 0 aromatic heterocycles. The zero-order valence-electron chi connectivity index (χ0n) is 22.9. The first-order valence-corrected chi connectivity index (χ1v) is 15.2. The molecule has 0 saturated carbocycles. The Morgan fingerprint density at radius 1 is 0.591 bits per heavy atom. The highest BCUT2D eigenvalue weighted by Gasteiger charge is 2.13. The van der Waals surface area contributed by atoms with Gasteiger partial charge in [0.15, 0.2) is 0 Å². The highest BCUT2D eigenvalue weighted by Crippen LogP contribution is 2.33. The molecule has 0 unspecified atom stereocenters. The van der Waals surface area contributed by atoms with E-state index < -0.39 is 26.3 Å². The Morgan fingerprint density at radius 3 is 1.30 bits per heavy atom. The second-order valence-electron chi connectivity index (χ2n) is 8.69. The van der Waals surface area contributed by atoms with Crippen LogP contribution < -0.4 is 20.1 Å². The number of hydrogen-bond acceptors (Lipinski definition) is 11. The first-order chi connectivity index (χ1) is 20.9. The van der Waals surface area contributed by atoms with E-state index >= 15 is 0 Å². The Labute approximate surface area is 251 Å². The largest absolute Gasteiger partial charge is 0.494 e. The van der Waals surface area contributed by atoms with Gasteiger partial charge in [-0.15, -0.1) is 0 Å². The molecule has 0 bridgehead atoms. The first-order valence-electron chi connectivity index (χ1n) is 12.3. The number of hydrogen-bond donors (Lipinski definition) is 4. The summed E-state index contributed by atoms with van der Waals surface area (Å²) in [5.41, 5.74) is 1.65. The van der Waals surface area contributed by atoms with E-state index in [9.17, 15) is 30.7 Å². The molecule has 4 rings (SSSR count). The van der Waals surface area contributed by atoms with Crippen molar-refractivity contribution < 1.29 is 40.2 Å². The van der Waals surface area contributed by atoms with Gasteiger partial charge >= 0.3 is 6.03 Å². The number of benzene rings is 4. The van der Waals surface area contributed by atoms with Crippen molar-refractivity contribution >= 4 is 60.4 Å². The molecule has 0 fully saturated rings. The van der Waals surface area contributed by atoms with E-state index in [2.05, 4.69) is 31.1 Å². The lowest BCUT2D eigenvalue weighted by atomic mass is 10.2. The van der Waals surface area contributed by atoms with Crippen LogP contribution in [0, 0.1) is 0 Å². The van der Waals surface area contributed by atoms with Crippen molar-refractivity contribution in [1.82, 2.24) is 0 Å². The number of ether oxygens (including phenoxy) is 2. The molecule has 0 atom stereocenters. The summed E-state index contributed by atoms with van der Waals surface area (Å²) in [5, 5.41) is 21.4. The molecule has 228 valence electrons. The average molecular weight is 641 g/mol. The number of anilines is 2. The minimum absolute atomic E-state index is 0.188. The van der Waals surface area contributed by atoms with E-state index in [1.165, 1.54) is 74.9 Å². The van der Waals surface area contributed by atoms with Crippen molar-refractivity contribution in [2.75, 3.05) is 24.9 Å². The Morgan fingerprint density at radius 2 is 0.955 bits per heavy atom. The van der Waals surface area contributed by atoms with Gasteiger partial charge < -0.3 is 20.1 Å².